The minimum absolute atomic E-state index is 0.0696. The molecule has 6 nitrogen and oxygen atoms in total. The van der Waals surface area contributed by atoms with Crippen LogP contribution in [0.4, 0.5) is 10.5 Å². The molecule has 0 aliphatic carbocycles. The smallest absolute Gasteiger partial charge is 0.319 e. The summed E-state index contributed by atoms with van der Waals surface area (Å²) >= 11 is 1.85. The van der Waals surface area contributed by atoms with Crippen LogP contribution in [0.25, 0.3) is 5.00 Å². The number of ether oxygens (including phenoxy) is 1. The number of carbonyl (C=O) groups is 1. The van der Waals surface area contributed by atoms with Gasteiger partial charge in [-0.2, -0.15) is 0 Å². The van der Waals surface area contributed by atoms with Gasteiger partial charge >= 0.3 is 6.03 Å². The summed E-state index contributed by atoms with van der Waals surface area (Å²) in [6.07, 6.45) is 6.01. The van der Waals surface area contributed by atoms with Gasteiger partial charge in [0.2, 0.25) is 0 Å². The van der Waals surface area contributed by atoms with Crippen molar-refractivity contribution in [1.29, 1.82) is 0 Å². The van der Waals surface area contributed by atoms with Crippen molar-refractivity contribution in [3.8, 4) is 10.8 Å². The molecule has 2 aromatic heterocycles. The lowest BCUT2D eigenvalue weighted by atomic mass is 9.96. The Balaban J connectivity index is 1.61. The maximum absolute atomic E-state index is 13.0. The fraction of sp³-hybridized carbons (Fsp3) is 0.400. The maximum atomic E-state index is 13.0. The number of rotatable bonds is 8. The second-order valence-corrected chi connectivity index (χ2v) is 9.00. The third kappa shape index (κ3) is 4.69. The summed E-state index contributed by atoms with van der Waals surface area (Å²) in [5, 5.41) is 7.43. The number of carbonyl (C=O) groups excluding carboxylic acids is 1. The normalized spacial score (nSPS) is 14.6. The van der Waals surface area contributed by atoms with Crippen molar-refractivity contribution < 1.29 is 9.53 Å². The molecule has 1 aliphatic heterocycles. The van der Waals surface area contributed by atoms with E-state index in [-0.39, 0.29) is 12.1 Å². The Kier molecular flexibility index (Phi) is 7.17. The van der Waals surface area contributed by atoms with Crippen LogP contribution < -0.4 is 15.4 Å². The first kappa shape index (κ1) is 22.4. The number of amides is 2. The fourth-order valence-corrected chi connectivity index (χ4v) is 5.72. The number of aromatic nitrogens is 1. The molecule has 1 aromatic carbocycles. The highest BCUT2D eigenvalue weighted by molar-refractivity contribution is 7.15. The molecule has 7 heteroatoms. The quantitative estimate of drug-likeness (QED) is 0.468. The van der Waals surface area contributed by atoms with E-state index in [0.717, 1.165) is 32.5 Å². The number of nitrogens with zero attached hydrogens (tertiary/aromatic N) is 2. The van der Waals surface area contributed by atoms with E-state index >= 15 is 0 Å². The summed E-state index contributed by atoms with van der Waals surface area (Å²) in [4.78, 5) is 16.9. The summed E-state index contributed by atoms with van der Waals surface area (Å²) in [6, 6.07) is 11.3. The van der Waals surface area contributed by atoms with Crippen LogP contribution in [0, 0.1) is 0 Å². The van der Waals surface area contributed by atoms with E-state index in [1.165, 1.54) is 21.0 Å². The Morgan fingerprint density at radius 3 is 2.66 bits per heavy atom. The van der Waals surface area contributed by atoms with Crippen LogP contribution in [0.5, 0.6) is 5.75 Å². The molecule has 2 N–H and O–H groups in total. The monoisotopic (exact) mass is 452 g/mol. The van der Waals surface area contributed by atoms with E-state index in [1.54, 1.807) is 0 Å². The minimum Gasteiger partial charge on any atom is -0.492 e. The highest BCUT2D eigenvalue weighted by Crippen LogP contribution is 2.40. The molecule has 3 heterocycles. The molecule has 0 fully saturated rings. The van der Waals surface area contributed by atoms with Gasteiger partial charge in [-0.3, -0.25) is 4.90 Å². The van der Waals surface area contributed by atoms with Gasteiger partial charge < -0.3 is 19.9 Å². The maximum Gasteiger partial charge on any atom is 0.319 e. The zero-order chi connectivity index (χ0) is 22.5. The number of nitrogens with one attached hydrogen (secondary N) is 2. The molecule has 1 unspecified atom stereocenters. The van der Waals surface area contributed by atoms with Gasteiger partial charge in [-0.1, -0.05) is 26.0 Å². The number of para-hydroxylation sites is 2. The number of hydrogen-bond acceptors (Lipinski definition) is 4. The summed E-state index contributed by atoms with van der Waals surface area (Å²) in [7, 11) is 0. The zero-order valence-corrected chi connectivity index (χ0v) is 19.9. The average Bonchev–Trinajstić information content (AvgIpc) is 3.46. The Morgan fingerprint density at radius 2 is 1.94 bits per heavy atom. The number of likely N-dealkylation sites (N-methyl/N-ethyl adjacent to an activating group) is 1. The lowest BCUT2D eigenvalue weighted by Crippen LogP contribution is -2.34. The summed E-state index contributed by atoms with van der Waals surface area (Å²) in [5.74, 6) is 0.679. The number of thiophene rings is 1. The van der Waals surface area contributed by atoms with Crippen molar-refractivity contribution in [2.75, 3.05) is 25.0 Å². The molecule has 0 bridgehead atoms. The summed E-state index contributed by atoms with van der Waals surface area (Å²) in [6.45, 7) is 9.93. The molecule has 32 heavy (non-hydrogen) atoms. The number of anilines is 1. The van der Waals surface area contributed by atoms with E-state index in [2.05, 4.69) is 46.3 Å². The van der Waals surface area contributed by atoms with Crippen LogP contribution in [0.3, 0.4) is 0 Å². The third-order valence-electron chi connectivity index (χ3n) is 5.94. The summed E-state index contributed by atoms with van der Waals surface area (Å²) < 4.78 is 7.84. The Bertz CT molecular complexity index is 1040. The third-order valence-corrected chi connectivity index (χ3v) is 7.19. The van der Waals surface area contributed by atoms with Crippen molar-refractivity contribution in [3.63, 3.8) is 0 Å². The van der Waals surface area contributed by atoms with Gasteiger partial charge in [-0.05, 0) is 56.1 Å². The molecule has 1 aliphatic rings. The average molecular weight is 453 g/mol. The number of benzene rings is 1. The van der Waals surface area contributed by atoms with E-state index in [0.29, 0.717) is 18.0 Å². The number of urea groups is 1. The van der Waals surface area contributed by atoms with Gasteiger partial charge in [0.15, 0.2) is 0 Å². The van der Waals surface area contributed by atoms with Crippen molar-refractivity contribution in [1.82, 2.24) is 14.8 Å². The highest BCUT2D eigenvalue weighted by Gasteiger charge is 2.29. The largest absolute Gasteiger partial charge is 0.492 e. The van der Waals surface area contributed by atoms with Crippen LogP contribution in [0.2, 0.25) is 0 Å². The first-order valence-corrected chi connectivity index (χ1v) is 12.3. The minimum atomic E-state index is -0.214. The van der Waals surface area contributed by atoms with Crippen molar-refractivity contribution in [3.05, 3.63) is 64.8 Å². The Morgan fingerprint density at radius 1 is 1.16 bits per heavy atom. The van der Waals surface area contributed by atoms with Gasteiger partial charge in [0.05, 0.1) is 18.3 Å². The first-order chi connectivity index (χ1) is 15.6. The number of hydrogen-bond donors (Lipinski definition) is 2. The van der Waals surface area contributed by atoms with E-state index in [9.17, 15) is 4.79 Å². The molecule has 2 amide bonds. The van der Waals surface area contributed by atoms with Crippen LogP contribution in [0.15, 0.2) is 48.8 Å². The Labute approximate surface area is 194 Å². The standard InChI is InChI=1S/C25H32N4O2S/c1-4-19(26-25(30)27-20-11-7-8-12-21(20)31-6-3)23-18-13-16-28(5-2)17-22(18)32-24(23)29-14-9-10-15-29/h7-12,14-15,19H,4-6,13,16-17H2,1-3H3,(H2,26,27,30). The van der Waals surface area contributed by atoms with Gasteiger partial charge in [0.25, 0.3) is 0 Å². The van der Waals surface area contributed by atoms with Crippen LogP contribution >= 0.6 is 11.3 Å². The van der Waals surface area contributed by atoms with Gasteiger partial charge in [-0.25, -0.2) is 4.79 Å². The topological polar surface area (TPSA) is 58.5 Å². The van der Waals surface area contributed by atoms with Gasteiger partial charge in [-0.15, -0.1) is 11.3 Å². The predicted molar refractivity (Wildman–Crippen MR) is 131 cm³/mol. The summed E-state index contributed by atoms with van der Waals surface area (Å²) in [5.41, 5.74) is 3.34. The van der Waals surface area contributed by atoms with Crippen LogP contribution in [0.1, 0.15) is 49.2 Å². The molecule has 0 saturated heterocycles. The van der Waals surface area contributed by atoms with Gasteiger partial charge in [0, 0.05) is 35.9 Å². The van der Waals surface area contributed by atoms with Crippen LogP contribution in [-0.2, 0) is 13.0 Å². The van der Waals surface area contributed by atoms with Crippen molar-refractivity contribution >= 4 is 23.1 Å². The molecule has 4 rings (SSSR count). The molecule has 0 saturated carbocycles. The molecule has 170 valence electrons. The molecular formula is C25H32N4O2S. The molecule has 1 atom stereocenters. The van der Waals surface area contributed by atoms with E-state index in [1.807, 2.05) is 54.7 Å². The lowest BCUT2D eigenvalue weighted by molar-refractivity contribution is 0.247. The SMILES string of the molecule is CCOc1ccccc1NC(=O)NC(CC)c1c(-n2cccc2)sc2c1CCN(CC)C2. The predicted octanol–water partition coefficient (Wildman–Crippen LogP) is 5.59. The lowest BCUT2D eigenvalue weighted by Gasteiger charge is -2.27. The zero-order valence-electron chi connectivity index (χ0n) is 19.1. The van der Waals surface area contributed by atoms with E-state index in [4.69, 9.17) is 4.74 Å². The van der Waals surface area contributed by atoms with Crippen LogP contribution in [-0.4, -0.2) is 35.2 Å². The van der Waals surface area contributed by atoms with Crippen molar-refractivity contribution in [2.24, 2.45) is 0 Å². The Hall–Kier alpha value is -2.77. The highest BCUT2D eigenvalue weighted by atomic mass is 32.1. The fourth-order valence-electron chi connectivity index (χ4n) is 4.30. The molecule has 3 aromatic rings. The second kappa shape index (κ2) is 10.2. The molecule has 0 spiro atoms. The van der Waals surface area contributed by atoms with Gasteiger partial charge in [0.1, 0.15) is 10.8 Å². The van der Waals surface area contributed by atoms with Crippen molar-refractivity contribution in [2.45, 2.75) is 46.2 Å². The number of fused-ring (bicyclic) bond motifs is 1. The van der Waals surface area contributed by atoms with E-state index < -0.39 is 0 Å². The second-order valence-electron chi connectivity index (χ2n) is 7.92. The molecular weight excluding hydrogens is 420 g/mol. The first-order valence-electron chi connectivity index (χ1n) is 11.4. The molecule has 0 radical (unpaired) electrons.